The lowest BCUT2D eigenvalue weighted by Gasteiger charge is -1.97. The van der Waals surface area contributed by atoms with E-state index in [9.17, 15) is 0 Å². The fourth-order valence-corrected chi connectivity index (χ4v) is 1.11. The molecular weight excluding hydrogens is 248 g/mol. The van der Waals surface area contributed by atoms with E-state index in [0.29, 0.717) is 4.83 Å². The third-order valence-corrected chi connectivity index (χ3v) is 3.29. The second-order valence-corrected chi connectivity index (χ2v) is 3.37. The molecule has 9 heavy (non-hydrogen) atoms. The van der Waals surface area contributed by atoms with Gasteiger partial charge in [0.25, 0.3) is 0 Å². The molecule has 1 unspecified atom stereocenters. The molecule has 0 aliphatic heterocycles. The van der Waals surface area contributed by atoms with Crippen molar-refractivity contribution in [2.24, 2.45) is 0 Å². The SMILES string of the molecule is BrCC(Br)c1cc[nH]n1. The van der Waals surface area contributed by atoms with E-state index in [0.717, 1.165) is 11.0 Å². The molecule has 1 aromatic heterocycles. The lowest BCUT2D eigenvalue weighted by molar-refractivity contribution is 0.978. The van der Waals surface area contributed by atoms with E-state index in [4.69, 9.17) is 0 Å². The van der Waals surface area contributed by atoms with Gasteiger partial charge >= 0.3 is 0 Å². The predicted octanol–water partition coefficient (Wildman–Crippen LogP) is 2.24. The second-order valence-electron chi connectivity index (χ2n) is 1.62. The summed E-state index contributed by atoms with van der Waals surface area (Å²) in [7, 11) is 0. The van der Waals surface area contributed by atoms with Crippen LogP contribution < -0.4 is 0 Å². The summed E-state index contributed by atoms with van der Waals surface area (Å²) in [4.78, 5) is 0.323. The van der Waals surface area contributed by atoms with E-state index in [1.807, 2.05) is 12.3 Å². The van der Waals surface area contributed by atoms with E-state index in [-0.39, 0.29) is 0 Å². The van der Waals surface area contributed by atoms with Crippen molar-refractivity contribution in [2.75, 3.05) is 5.33 Å². The van der Waals surface area contributed by atoms with E-state index in [2.05, 4.69) is 42.1 Å². The first-order valence-corrected chi connectivity index (χ1v) is 4.58. The van der Waals surface area contributed by atoms with Gasteiger partial charge in [-0.1, -0.05) is 31.9 Å². The molecule has 0 saturated carbocycles. The number of halogens is 2. The normalized spacial score (nSPS) is 13.6. The molecule has 0 radical (unpaired) electrons. The van der Waals surface area contributed by atoms with Crippen LogP contribution in [0.15, 0.2) is 12.3 Å². The highest BCUT2D eigenvalue weighted by Gasteiger charge is 2.05. The summed E-state index contributed by atoms with van der Waals surface area (Å²) in [6.45, 7) is 0. The fourth-order valence-electron chi connectivity index (χ4n) is 0.525. The third-order valence-electron chi connectivity index (χ3n) is 0.979. The zero-order chi connectivity index (χ0) is 6.69. The Balaban J connectivity index is 2.65. The smallest absolute Gasteiger partial charge is 0.0766 e. The summed E-state index contributed by atoms with van der Waals surface area (Å²) in [5.41, 5.74) is 1.03. The van der Waals surface area contributed by atoms with Gasteiger partial charge in [0.2, 0.25) is 0 Å². The van der Waals surface area contributed by atoms with Gasteiger partial charge in [-0.3, -0.25) is 5.10 Å². The highest BCUT2D eigenvalue weighted by atomic mass is 79.9. The summed E-state index contributed by atoms with van der Waals surface area (Å²) >= 11 is 6.77. The lowest BCUT2D eigenvalue weighted by Crippen LogP contribution is -1.89. The average molecular weight is 254 g/mol. The topological polar surface area (TPSA) is 28.7 Å². The molecule has 50 valence electrons. The highest BCUT2D eigenvalue weighted by Crippen LogP contribution is 2.21. The van der Waals surface area contributed by atoms with E-state index in [1.54, 1.807) is 0 Å². The largest absolute Gasteiger partial charge is 0.285 e. The summed E-state index contributed by atoms with van der Waals surface area (Å²) in [6, 6.07) is 1.95. The Kier molecular flexibility index (Phi) is 2.72. The highest BCUT2D eigenvalue weighted by molar-refractivity contribution is 9.12. The number of hydrogen-bond donors (Lipinski definition) is 1. The molecular formula is C5H6Br2N2. The van der Waals surface area contributed by atoms with Crippen molar-refractivity contribution < 1.29 is 0 Å². The van der Waals surface area contributed by atoms with Gasteiger partial charge in [-0.15, -0.1) is 0 Å². The van der Waals surface area contributed by atoms with Crippen molar-refractivity contribution in [3.8, 4) is 0 Å². The summed E-state index contributed by atoms with van der Waals surface area (Å²) < 4.78 is 0. The quantitative estimate of drug-likeness (QED) is 0.805. The molecule has 1 heterocycles. The molecule has 0 aliphatic rings. The number of alkyl halides is 2. The molecule has 0 amide bonds. The minimum Gasteiger partial charge on any atom is -0.285 e. The lowest BCUT2D eigenvalue weighted by atomic mass is 10.3. The van der Waals surface area contributed by atoms with Crippen LogP contribution in [0.3, 0.4) is 0 Å². The zero-order valence-corrected chi connectivity index (χ0v) is 7.81. The van der Waals surface area contributed by atoms with Gasteiger partial charge in [0.1, 0.15) is 0 Å². The van der Waals surface area contributed by atoms with Gasteiger partial charge in [-0.05, 0) is 6.07 Å². The molecule has 0 bridgehead atoms. The number of aromatic amines is 1. The minimum atomic E-state index is 0.323. The molecule has 0 aliphatic carbocycles. The molecule has 4 heteroatoms. The fraction of sp³-hybridized carbons (Fsp3) is 0.400. The van der Waals surface area contributed by atoms with E-state index >= 15 is 0 Å². The number of H-pyrrole nitrogens is 1. The molecule has 0 saturated heterocycles. The Morgan fingerprint density at radius 1 is 1.78 bits per heavy atom. The molecule has 2 nitrogen and oxygen atoms in total. The van der Waals surface area contributed by atoms with Crippen LogP contribution in [-0.4, -0.2) is 15.5 Å². The van der Waals surface area contributed by atoms with Gasteiger partial charge in [-0.25, -0.2) is 0 Å². The predicted molar refractivity (Wildman–Crippen MR) is 44.0 cm³/mol. The van der Waals surface area contributed by atoms with E-state index in [1.165, 1.54) is 0 Å². The molecule has 0 aromatic carbocycles. The van der Waals surface area contributed by atoms with Crippen molar-refractivity contribution >= 4 is 31.9 Å². The molecule has 1 atom stereocenters. The van der Waals surface area contributed by atoms with Crippen LogP contribution >= 0.6 is 31.9 Å². The summed E-state index contributed by atoms with van der Waals surface area (Å²) in [6.07, 6.45) is 1.81. The van der Waals surface area contributed by atoms with Crippen molar-refractivity contribution in [2.45, 2.75) is 4.83 Å². The van der Waals surface area contributed by atoms with Gasteiger partial charge in [0.05, 0.1) is 10.5 Å². The standard InChI is InChI=1S/C5H6Br2N2/c6-3-4(7)5-1-2-8-9-5/h1-2,4H,3H2,(H,8,9). The number of nitrogens with one attached hydrogen (secondary N) is 1. The first kappa shape index (κ1) is 7.28. The van der Waals surface area contributed by atoms with E-state index < -0.39 is 0 Å². The number of aromatic nitrogens is 2. The van der Waals surface area contributed by atoms with Crippen molar-refractivity contribution in [3.05, 3.63) is 18.0 Å². The Morgan fingerprint density at radius 2 is 2.56 bits per heavy atom. The van der Waals surface area contributed by atoms with Gasteiger partial charge in [-0.2, -0.15) is 5.10 Å². The molecule has 1 aromatic rings. The van der Waals surface area contributed by atoms with Crippen LogP contribution in [0.2, 0.25) is 0 Å². The van der Waals surface area contributed by atoms with Crippen LogP contribution in [0.5, 0.6) is 0 Å². The molecule has 1 N–H and O–H groups in total. The van der Waals surface area contributed by atoms with Gasteiger partial charge < -0.3 is 0 Å². The first-order valence-electron chi connectivity index (χ1n) is 2.54. The second kappa shape index (κ2) is 3.37. The number of nitrogens with zero attached hydrogens (tertiary/aromatic N) is 1. The maximum Gasteiger partial charge on any atom is 0.0766 e. The maximum atomic E-state index is 3.99. The van der Waals surface area contributed by atoms with Crippen LogP contribution in [0.25, 0.3) is 0 Å². The third kappa shape index (κ3) is 1.79. The van der Waals surface area contributed by atoms with Crippen LogP contribution in [0.1, 0.15) is 10.5 Å². The summed E-state index contributed by atoms with van der Waals surface area (Å²) in [5.74, 6) is 0. The monoisotopic (exact) mass is 252 g/mol. The maximum absolute atomic E-state index is 3.99. The molecule has 0 fully saturated rings. The van der Waals surface area contributed by atoms with Crippen molar-refractivity contribution in [1.82, 2.24) is 10.2 Å². The molecule has 0 spiro atoms. The van der Waals surface area contributed by atoms with Gasteiger partial charge in [0, 0.05) is 11.5 Å². The minimum absolute atomic E-state index is 0.323. The van der Waals surface area contributed by atoms with Crippen LogP contribution in [-0.2, 0) is 0 Å². The molecule has 1 rings (SSSR count). The Morgan fingerprint density at radius 3 is 3.00 bits per heavy atom. The Labute approximate surface area is 70.3 Å². The summed E-state index contributed by atoms with van der Waals surface area (Å²) in [5, 5.41) is 7.62. The first-order chi connectivity index (χ1) is 4.34. The Bertz CT molecular complexity index is 161. The van der Waals surface area contributed by atoms with Crippen LogP contribution in [0.4, 0.5) is 0 Å². The van der Waals surface area contributed by atoms with Gasteiger partial charge in [0.15, 0.2) is 0 Å². The number of rotatable bonds is 2. The average Bonchev–Trinajstić information content (AvgIpc) is 2.37. The van der Waals surface area contributed by atoms with Crippen molar-refractivity contribution in [1.29, 1.82) is 0 Å². The Hall–Kier alpha value is 0.170. The zero-order valence-electron chi connectivity index (χ0n) is 4.64. The van der Waals surface area contributed by atoms with Crippen molar-refractivity contribution in [3.63, 3.8) is 0 Å². The number of hydrogen-bond acceptors (Lipinski definition) is 1. The van der Waals surface area contributed by atoms with Crippen LogP contribution in [0, 0.1) is 0 Å².